The van der Waals surface area contributed by atoms with E-state index < -0.39 is 5.91 Å². The van der Waals surface area contributed by atoms with Gasteiger partial charge >= 0.3 is 0 Å². The third kappa shape index (κ3) is 5.65. The summed E-state index contributed by atoms with van der Waals surface area (Å²) in [6.07, 6.45) is 1.45. The number of ether oxygens (including phenoxy) is 2. The van der Waals surface area contributed by atoms with Gasteiger partial charge in [0.2, 0.25) is 0 Å². The molecule has 1 amide bonds. The van der Waals surface area contributed by atoms with Crippen molar-refractivity contribution < 1.29 is 14.3 Å². The molecule has 0 unspecified atom stereocenters. The van der Waals surface area contributed by atoms with E-state index in [1.165, 1.54) is 19.3 Å². The molecule has 2 rings (SSSR count). The lowest BCUT2D eigenvalue weighted by atomic mass is 10.1. The number of nitrogens with one attached hydrogen (secondary N) is 1. The second-order valence-electron chi connectivity index (χ2n) is 5.83. The number of halogens is 2. The zero-order valence-electron chi connectivity index (χ0n) is 15.0. The molecule has 0 spiro atoms. The van der Waals surface area contributed by atoms with E-state index in [0.29, 0.717) is 27.8 Å². The van der Waals surface area contributed by atoms with E-state index in [2.05, 4.69) is 5.32 Å². The van der Waals surface area contributed by atoms with Crippen LogP contribution in [0.25, 0.3) is 6.08 Å². The average Bonchev–Trinajstić information content (AvgIpc) is 2.62. The minimum absolute atomic E-state index is 0.00939. The van der Waals surface area contributed by atoms with Crippen molar-refractivity contribution in [3.05, 3.63) is 57.6 Å². The standard InChI is InChI=1S/C20H18Cl2N2O3/c1-12(2)27-18-7-4-13(9-19(18)26-3)8-14(11-23)20(25)24-17-6-5-15(21)10-16(17)22/h4-10,12H,1-3H3,(H,24,25)/b14-8+. The predicted octanol–water partition coefficient (Wildman–Crippen LogP) is 5.33. The number of carbonyl (C=O) groups excluding carboxylic acids is 1. The highest BCUT2D eigenvalue weighted by molar-refractivity contribution is 6.36. The van der Waals surface area contributed by atoms with Gasteiger partial charge in [-0.25, -0.2) is 0 Å². The molecule has 0 bridgehead atoms. The Balaban J connectivity index is 2.26. The second kappa shape index (κ2) is 9.31. The Bertz CT molecular complexity index is 918. The van der Waals surface area contributed by atoms with E-state index in [9.17, 15) is 10.1 Å². The van der Waals surface area contributed by atoms with Gasteiger partial charge in [-0.2, -0.15) is 5.26 Å². The molecule has 1 N–H and O–H groups in total. The first-order valence-corrected chi connectivity index (χ1v) is 8.82. The van der Waals surface area contributed by atoms with Crippen molar-refractivity contribution in [1.29, 1.82) is 5.26 Å². The number of methoxy groups -OCH3 is 1. The molecule has 0 aromatic heterocycles. The first kappa shape index (κ1) is 20.6. The molecule has 140 valence electrons. The van der Waals surface area contributed by atoms with Gasteiger partial charge in [0, 0.05) is 5.02 Å². The molecule has 0 radical (unpaired) electrons. The maximum Gasteiger partial charge on any atom is 0.266 e. The van der Waals surface area contributed by atoms with Crippen molar-refractivity contribution in [3.63, 3.8) is 0 Å². The Hall–Kier alpha value is -2.68. The molecule has 2 aromatic carbocycles. The van der Waals surface area contributed by atoms with E-state index in [4.69, 9.17) is 32.7 Å². The maximum atomic E-state index is 12.4. The number of hydrogen-bond acceptors (Lipinski definition) is 4. The molecule has 2 aromatic rings. The third-order valence-corrected chi connectivity index (χ3v) is 3.95. The molecular weight excluding hydrogens is 387 g/mol. The van der Waals surface area contributed by atoms with Gasteiger partial charge in [0.15, 0.2) is 11.5 Å². The van der Waals surface area contributed by atoms with E-state index in [1.807, 2.05) is 19.9 Å². The lowest BCUT2D eigenvalue weighted by molar-refractivity contribution is -0.112. The van der Waals surface area contributed by atoms with Crippen molar-refractivity contribution in [2.45, 2.75) is 20.0 Å². The molecule has 7 heteroatoms. The summed E-state index contributed by atoms with van der Waals surface area (Å²) in [4.78, 5) is 12.4. The number of nitrogens with zero attached hydrogens (tertiary/aromatic N) is 1. The molecule has 0 aliphatic rings. The van der Waals surface area contributed by atoms with Gasteiger partial charge in [-0.3, -0.25) is 4.79 Å². The highest BCUT2D eigenvalue weighted by Gasteiger charge is 2.13. The van der Waals surface area contributed by atoms with Crippen molar-refractivity contribution >= 4 is 40.9 Å². The summed E-state index contributed by atoms with van der Waals surface area (Å²) in [5.74, 6) is 0.514. The van der Waals surface area contributed by atoms with Crippen LogP contribution in [-0.4, -0.2) is 19.1 Å². The van der Waals surface area contributed by atoms with Crippen LogP contribution in [0, 0.1) is 11.3 Å². The van der Waals surface area contributed by atoms with Crippen LogP contribution in [0.2, 0.25) is 10.0 Å². The van der Waals surface area contributed by atoms with Crippen LogP contribution in [0.1, 0.15) is 19.4 Å². The predicted molar refractivity (Wildman–Crippen MR) is 107 cm³/mol. The van der Waals surface area contributed by atoms with Gasteiger partial charge < -0.3 is 14.8 Å². The SMILES string of the molecule is COc1cc(/C=C(\C#N)C(=O)Nc2ccc(Cl)cc2Cl)ccc1OC(C)C. The summed E-state index contributed by atoms with van der Waals surface area (Å²) >= 11 is 11.9. The smallest absolute Gasteiger partial charge is 0.266 e. The fourth-order valence-corrected chi connectivity index (χ4v) is 2.68. The summed E-state index contributed by atoms with van der Waals surface area (Å²) < 4.78 is 11.0. The number of rotatable bonds is 6. The molecule has 27 heavy (non-hydrogen) atoms. The Morgan fingerprint density at radius 3 is 2.52 bits per heavy atom. The Morgan fingerprint density at radius 2 is 1.93 bits per heavy atom. The fourth-order valence-electron chi connectivity index (χ4n) is 2.22. The summed E-state index contributed by atoms with van der Waals surface area (Å²) in [5, 5.41) is 12.7. The monoisotopic (exact) mass is 404 g/mol. The van der Waals surface area contributed by atoms with Gasteiger partial charge in [-0.15, -0.1) is 0 Å². The normalized spacial score (nSPS) is 11.1. The molecule has 0 fully saturated rings. The summed E-state index contributed by atoms with van der Waals surface area (Å²) in [7, 11) is 1.52. The van der Waals surface area contributed by atoms with Crippen molar-refractivity contribution in [2.24, 2.45) is 0 Å². The first-order valence-electron chi connectivity index (χ1n) is 8.07. The summed E-state index contributed by atoms with van der Waals surface area (Å²) in [6.45, 7) is 3.82. The average molecular weight is 405 g/mol. The van der Waals surface area contributed by atoms with Crippen LogP contribution in [-0.2, 0) is 4.79 Å². The highest BCUT2D eigenvalue weighted by atomic mass is 35.5. The second-order valence-corrected chi connectivity index (χ2v) is 6.67. The maximum absolute atomic E-state index is 12.4. The van der Waals surface area contributed by atoms with Crippen LogP contribution in [0.3, 0.4) is 0 Å². The molecule has 0 saturated carbocycles. The number of benzene rings is 2. The van der Waals surface area contributed by atoms with E-state index >= 15 is 0 Å². The van der Waals surface area contributed by atoms with E-state index in [0.717, 1.165) is 0 Å². The zero-order chi connectivity index (χ0) is 20.0. The third-order valence-electron chi connectivity index (χ3n) is 3.41. The largest absolute Gasteiger partial charge is 0.493 e. The minimum Gasteiger partial charge on any atom is -0.493 e. The summed E-state index contributed by atoms with van der Waals surface area (Å²) in [5.41, 5.74) is 0.905. The Kier molecular flexibility index (Phi) is 7.12. The van der Waals surface area contributed by atoms with E-state index in [-0.39, 0.29) is 16.7 Å². The minimum atomic E-state index is -0.580. The topological polar surface area (TPSA) is 71.3 Å². The number of anilines is 1. The number of nitriles is 1. The van der Waals surface area contributed by atoms with Crippen LogP contribution in [0.15, 0.2) is 42.0 Å². The lowest BCUT2D eigenvalue weighted by Crippen LogP contribution is -2.13. The first-order chi connectivity index (χ1) is 12.8. The number of hydrogen-bond donors (Lipinski definition) is 1. The van der Waals surface area contributed by atoms with Crippen molar-refractivity contribution in [3.8, 4) is 17.6 Å². The van der Waals surface area contributed by atoms with Gasteiger partial charge in [0.05, 0.1) is 23.9 Å². The molecule has 0 aliphatic heterocycles. The van der Waals surface area contributed by atoms with Crippen LogP contribution in [0.4, 0.5) is 5.69 Å². The molecular formula is C20H18Cl2N2O3. The van der Waals surface area contributed by atoms with Crippen LogP contribution in [0.5, 0.6) is 11.5 Å². The quantitative estimate of drug-likeness (QED) is 0.521. The highest BCUT2D eigenvalue weighted by Crippen LogP contribution is 2.30. The van der Waals surface area contributed by atoms with Crippen LogP contribution < -0.4 is 14.8 Å². The molecule has 0 atom stereocenters. The molecule has 0 aliphatic carbocycles. The summed E-state index contributed by atoms with van der Waals surface area (Å²) in [6, 6.07) is 11.7. The van der Waals surface area contributed by atoms with Crippen molar-refractivity contribution in [1.82, 2.24) is 0 Å². The van der Waals surface area contributed by atoms with Gasteiger partial charge in [-0.05, 0) is 55.8 Å². The van der Waals surface area contributed by atoms with E-state index in [1.54, 1.807) is 30.3 Å². The van der Waals surface area contributed by atoms with Gasteiger partial charge in [0.1, 0.15) is 11.6 Å². The Morgan fingerprint density at radius 1 is 1.19 bits per heavy atom. The molecule has 0 heterocycles. The van der Waals surface area contributed by atoms with Gasteiger partial charge in [0.25, 0.3) is 5.91 Å². The van der Waals surface area contributed by atoms with Crippen LogP contribution >= 0.6 is 23.2 Å². The zero-order valence-corrected chi connectivity index (χ0v) is 16.6. The molecule has 0 saturated heterocycles. The van der Waals surface area contributed by atoms with Crippen molar-refractivity contribution in [2.75, 3.05) is 12.4 Å². The fraction of sp³-hybridized carbons (Fsp3) is 0.200. The number of carbonyl (C=O) groups is 1. The lowest BCUT2D eigenvalue weighted by Gasteiger charge is -2.14. The molecule has 5 nitrogen and oxygen atoms in total. The van der Waals surface area contributed by atoms with Gasteiger partial charge in [-0.1, -0.05) is 29.3 Å². The Labute approximate surface area is 168 Å². The number of amides is 1.